The Labute approximate surface area is 100 Å². The Morgan fingerprint density at radius 3 is 2.44 bits per heavy atom. The lowest BCUT2D eigenvalue weighted by atomic mass is 10.0. The molecule has 6 heteroatoms. The Bertz CT molecular complexity index is 251. The van der Waals surface area contributed by atoms with E-state index >= 15 is 0 Å². The van der Waals surface area contributed by atoms with Crippen LogP contribution < -0.4 is 11.1 Å². The number of aliphatic carboxylic acids is 1. The predicted octanol–water partition coefficient (Wildman–Crippen LogP) is 0.436. The van der Waals surface area contributed by atoms with Gasteiger partial charge in [0.2, 0.25) is 5.91 Å². The first-order valence-corrected chi connectivity index (χ1v) is 6.45. The van der Waals surface area contributed by atoms with Gasteiger partial charge in [-0.2, -0.15) is 11.8 Å². The third-order valence-electron chi connectivity index (χ3n) is 1.86. The fourth-order valence-electron chi connectivity index (χ4n) is 1.15. The second kappa shape index (κ2) is 6.75. The summed E-state index contributed by atoms with van der Waals surface area (Å²) in [5.41, 5.74) is 5.06. The van der Waals surface area contributed by atoms with E-state index in [2.05, 4.69) is 5.32 Å². The molecule has 0 radical (unpaired) electrons. The molecular weight excluding hydrogens is 228 g/mol. The molecule has 5 nitrogen and oxygen atoms in total. The number of nitrogens with two attached hydrogens (primary N) is 1. The van der Waals surface area contributed by atoms with E-state index < -0.39 is 17.6 Å². The molecule has 16 heavy (non-hydrogen) atoms. The predicted molar refractivity (Wildman–Crippen MR) is 65.4 cm³/mol. The molecule has 0 heterocycles. The molecular formula is C10H20N2O3S. The smallest absolute Gasteiger partial charge is 0.326 e. The highest BCUT2D eigenvalue weighted by atomic mass is 32.2. The zero-order chi connectivity index (χ0) is 12.8. The van der Waals surface area contributed by atoms with E-state index in [1.165, 1.54) is 0 Å². The Morgan fingerprint density at radius 2 is 2.06 bits per heavy atom. The minimum absolute atomic E-state index is 0.121. The van der Waals surface area contributed by atoms with Crippen molar-refractivity contribution in [3.8, 4) is 0 Å². The van der Waals surface area contributed by atoms with Gasteiger partial charge in [0.05, 0.1) is 0 Å². The number of carboxylic acid groups (broad SMARTS) is 1. The van der Waals surface area contributed by atoms with Crippen molar-refractivity contribution in [1.29, 1.82) is 0 Å². The molecule has 0 fully saturated rings. The van der Waals surface area contributed by atoms with Gasteiger partial charge >= 0.3 is 5.97 Å². The minimum atomic E-state index is -1.00. The van der Waals surface area contributed by atoms with E-state index in [-0.39, 0.29) is 12.3 Å². The number of hydrogen-bond acceptors (Lipinski definition) is 4. The molecule has 1 unspecified atom stereocenters. The van der Waals surface area contributed by atoms with Gasteiger partial charge in [-0.05, 0) is 32.3 Å². The number of carbonyl (C=O) groups is 2. The first-order chi connectivity index (χ1) is 7.26. The monoisotopic (exact) mass is 248 g/mol. The van der Waals surface area contributed by atoms with Gasteiger partial charge in [-0.15, -0.1) is 0 Å². The molecule has 0 rings (SSSR count). The van der Waals surface area contributed by atoms with Crippen molar-refractivity contribution in [2.75, 3.05) is 12.0 Å². The van der Waals surface area contributed by atoms with E-state index in [1.807, 2.05) is 6.26 Å². The van der Waals surface area contributed by atoms with Crippen LogP contribution in [0.1, 0.15) is 26.7 Å². The summed E-state index contributed by atoms with van der Waals surface area (Å²) in [7, 11) is 0. The molecule has 0 spiro atoms. The second-order valence-corrected chi connectivity index (χ2v) is 5.39. The molecule has 94 valence electrons. The summed E-state index contributed by atoms with van der Waals surface area (Å²) in [6.45, 7) is 3.45. The SMILES string of the molecule is CSCCC(NC(=O)CC(C)(C)N)C(=O)O. The molecule has 0 bridgehead atoms. The van der Waals surface area contributed by atoms with Crippen LogP contribution in [0.2, 0.25) is 0 Å². The van der Waals surface area contributed by atoms with E-state index in [1.54, 1.807) is 25.6 Å². The molecule has 0 aliphatic carbocycles. The fraction of sp³-hybridized carbons (Fsp3) is 0.800. The summed E-state index contributed by atoms with van der Waals surface area (Å²) in [6.07, 6.45) is 2.44. The van der Waals surface area contributed by atoms with Crippen LogP contribution in [0.5, 0.6) is 0 Å². The van der Waals surface area contributed by atoms with Crippen molar-refractivity contribution >= 4 is 23.6 Å². The molecule has 4 N–H and O–H groups in total. The molecule has 0 aliphatic heterocycles. The second-order valence-electron chi connectivity index (χ2n) is 4.41. The van der Waals surface area contributed by atoms with Gasteiger partial charge in [0.15, 0.2) is 0 Å². The van der Waals surface area contributed by atoms with Gasteiger partial charge < -0.3 is 16.2 Å². The molecule has 0 saturated carbocycles. The van der Waals surface area contributed by atoms with Crippen LogP contribution in [-0.4, -0.2) is 40.6 Å². The summed E-state index contributed by atoms with van der Waals surface area (Å²) < 4.78 is 0. The summed E-state index contributed by atoms with van der Waals surface area (Å²) >= 11 is 1.55. The van der Waals surface area contributed by atoms with Crippen LogP contribution in [-0.2, 0) is 9.59 Å². The first-order valence-electron chi connectivity index (χ1n) is 5.06. The Hall–Kier alpha value is -0.750. The van der Waals surface area contributed by atoms with E-state index in [0.717, 1.165) is 0 Å². The van der Waals surface area contributed by atoms with Crippen molar-refractivity contribution in [3.05, 3.63) is 0 Å². The summed E-state index contributed by atoms with van der Waals surface area (Å²) in [4.78, 5) is 22.3. The van der Waals surface area contributed by atoms with Gasteiger partial charge in [-0.3, -0.25) is 4.79 Å². The average Bonchev–Trinajstić information content (AvgIpc) is 2.08. The van der Waals surface area contributed by atoms with Crippen molar-refractivity contribution in [3.63, 3.8) is 0 Å². The number of rotatable bonds is 7. The Balaban J connectivity index is 4.19. The first kappa shape index (κ1) is 15.2. The molecule has 0 saturated heterocycles. The highest BCUT2D eigenvalue weighted by Crippen LogP contribution is 2.05. The molecule has 1 atom stereocenters. The highest BCUT2D eigenvalue weighted by molar-refractivity contribution is 7.98. The summed E-state index contributed by atoms with van der Waals surface area (Å²) in [5.74, 6) is -0.623. The summed E-state index contributed by atoms with van der Waals surface area (Å²) in [5, 5.41) is 11.4. The van der Waals surface area contributed by atoms with Crippen molar-refractivity contribution in [2.45, 2.75) is 38.3 Å². The number of thioether (sulfide) groups is 1. The normalized spacial score (nSPS) is 13.2. The number of nitrogens with one attached hydrogen (secondary N) is 1. The van der Waals surface area contributed by atoms with Crippen molar-refractivity contribution in [1.82, 2.24) is 5.32 Å². The van der Waals surface area contributed by atoms with Crippen LogP contribution in [0.15, 0.2) is 0 Å². The van der Waals surface area contributed by atoms with Gasteiger partial charge in [-0.25, -0.2) is 4.79 Å². The zero-order valence-electron chi connectivity index (χ0n) is 9.95. The largest absolute Gasteiger partial charge is 0.480 e. The van der Waals surface area contributed by atoms with Gasteiger partial charge in [0, 0.05) is 12.0 Å². The Morgan fingerprint density at radius 1 is 1.50 bits per heavy atom. The third-order valence-corrected chi connectivity index (χ3v) is 2.50. The summed E-state index contributed by atoms with van der Waals surface area (Å²) in [6, 6.07) is -0.817. The molecule has 0 aromatic heterocycles. The minimum Gasteiger partial charge on any atom is -0.480 e. The van der Waals surface area contributed by atoms with Crippen LogP contribution in [0.25, 0.3) is 0 Å². The molecule has 0 aromatic carbocycles. The molecule has 1 amide bonds. The number of carbonyl (C=O) groups excluding carboxylic acids is 1. The maximum atomic E-state index is 11.5. The topological polar surface area (TPSA) is 92.4 Å². The highest BCUT2D eigenvalue weighted by Gasteiger charge is 2.22. The van der Waals surface area contributed by atoms with Crippen LogP contribution in [0.3, 0.4) is 0 Å². The standard InChI is InChI=1S/C10H20N2O3S/c1-10(2,11)6-8(13)12-7(9(14)15)4-5-16-3/h7H,4-6,11H2,1-3H3,(H,12,13)(H,14,15). The van der Waals surface area contributed by atoms with E-state index in [0.29, 0.717) is 12.2 Å². The van der Waals surface area contributed by atoms with Gasteiger partial charge in [0.1, 0.15) is 6.04 Å². The lowest BCUT2D eigenvalue weighted by molar-refractivity contribution is -0.142. The van der Waals surface area contributed by atoms with Crippen LogP contribution in [0.4, 0.5) is 0 Å². The van der Waals surface area contributed by atoms with E-state index in [9.17, 15) is 9.59 Å². The molecule has 0 aromatic rings. The number of carboxylic acids is 1. The lowest BCUT2D eigenvalue weighted by Crippen LogP contribution is -2.45. The number of hydrogen-bond donors (Lipinski definition) is 3. The quantitative estimate of drug-likeness (QED) is 0.608. The van der Waals surface area contributed by atoms with Crippen molar-refractivity contribution in [2.24, 2.45) is 5.73 Å². The number of amides is 1. The third kappa shape index (κ3) is 7.53. The molecule has 0 aliphatic rings. The van der Waals surface area contributed by atoms with Crippen LogP contribution in [0, 0.1) is 0 Å². The average molecular weight is 248 g/mol. The zero-order valence-corrected chi connectivity index (χ0v) is 10.8. The Kier molecular flexibility index (Phi) is 6.43. The van der Waals surface area contributed by atoms with Crippen molar-refractivity contribution < 1.29 is 14.7 Å². The van der Waals surface area contributed by atoms with Crippen LogP contribution >= 0.6 is 11.8 Å². The maximum absolute atomic E-state index is 11.5. The maximum Gasteiger partial charge on any atom is 0.326 e. The lowest BCUT2D eigenvalue weighted by Gasteiger charge is -2.20. The fourth-order valence-corrected chi connectivity index (χ4v) is 1.62. The van der Waals surface area contributed by atoms with Gasteiger partial charge in [0.25, 0.3) is 0 Å². The van der Waals surface area contributed by atoms with Gasteiger partial charge in [-0.1, -0.05) is 0 Å². The van der Waals surface area contributed by atoms with E-state index in [4.69, 9.17) is 10.8 Å².